The summed E-state index contributed by atoms with van der Waals surface area (Å²) in [5.41, 5.74) is 5.63. The van der Waals surface area contributed by atoms with Crippen LogP contribution < -0.4 is 5.73 Å². The lowest BCUT2D eigenvalue weighted by Crippen LogP contribution is -2.64. The van der Waals surface area contributed by atoms with Crippen molar-refractivity contribution in [3.63, 3.8) is 0 Å². The summed E-state index contributed by atoms with van der Waals surface area (Å²) in [6, 6.07) is 0.229. The lowest BCUT2D eigenvalue weighted by molar-refractivity contribution is -0.147. The summed E-state index contributed by atoms with van der Waals surface area (Å²) in [7, 11) is 1.89. The molecule has 94 valence electrons. The third-order valence-corrected chi connectivity index (χ3v) is 3.43. The molecule has 0 aromatic carbocycles. The highest BCUT2D eigenvalue weighted by Gasteiger charge is 2.40. The van der Waals surface area contributed by atoms with Crippen LogP contribution >= 0.6 is 0 Å². The molecule has 16 heavy (non-hydrogen) atoms. The van der Waals surface area contributed by atoms with Crippen LogP contribution in [0.15, 0.2) is 0 Å². The molecule has 2 N–H and O–H groups in total. The number of amides is 1. The zero-order valence-electron chi connectivity index (χ0n) is 11.2. The van der Waals surface area contributed by atoms with E-state index in [0.29, 0.717) is 6.54 Å². The van der Waals surface area contributed by atoms with Crippen LogP contribution in [-0.4, -0.2) is 53.5 Å². The van der Waals surface area contributed by atoms with Gasteiger partial charge in [0, 0.05) is 25.2 Å². The van der Waals surface area contributed by atoms with E-state index >= 15 is 0 Å². The maximum absolute atomic E-state index is 12.2. The largest absolute Gasteiger partial charge is 0.340 e. The highest BCUT2D eigenvalue weighted by atomic mass is 16.2. The van der Waals surface area contributed by atoms with Gasteiger partial charge in [0.05, 0.1) is 6.04 Å². The molecule has 1 aliphatic heterocycles. The molecule has 0 aromatic heterocycles. The first-order chi connectivity index (χ1) is 7.29. The summed E-state index contributed by atoms with van der Waals surface area (Å²) in [6.07, 6.45) is 0.743. The molecule has 2 atom stereocenters. The number of hydrogen-bond donors (Lipinski definition) is 1. The number of piperazine rings is 1. The van der Waals surface area contributed by atoms with E-state index in [9.17, 15) is 4.79 Å². The first-order valence-corrected chi connectivity index (χ1v) is 6.02. The molecule has 0 aliphatic carbocycles. The molecule has 1 amide bonds. The van der Waals surface area contributed by atoms with Crippen LogP contribution in [0.4, 0.5) is 0 Å². The number of carbonyl (C=O) groups excluding carboxylic acids is 1. The molecule has 0 radical (unpaired) electrons. The Morgan fingerprint density at radius 1 is 1.44 bits per heavy atom. The Bertz CT molecular complexity index is 259. The van der Waals surface area contributed by atoms with Gasteiger partial charge in [-0.25, -0.2) is 0 Å². The fourth-order valence-electron chi connectivity index (χ4n) is 2.30. The average molecular weight is 227 g/mol. The van der Waals surface area contributed by atoms with E-state index in [1.54, 1.807) is 0 Å². The standard InChI is InChI=1S/C12H25N3O/c1-9-8-15(12(2,3)4)10(6-7-13)11(16)14(9)5/h9-10H,6-8,13H2,1-5H3. The fourth-order valence-corrected chi connectivity index (χ4v) is 2.30. The van der Waals surface area contributed by atoms with Gasteiger partial charge in [-0.05, 0) is 40.7 Å². The molecule has 1 aliphatic rings. The Kier molecular flexibility index (Phi) is 3.97. The topological polar surface area (TPSA) is 49.6 Å². The van der Waals surface area contributed by atoms with E-state index in [2.05, 4.69) is 32.6 Å². The van der Waals surface area contributed by atoms with E-state index < -0.39 is 0 Å². The summed E-state index contributed by atoms with van der Waals surface area (Å²) < 4.78 is 0. The zero-order chi connectivity index (χ0) is 12.5. The van der Waals surface area contributed by atoms with Crippen LogP contribution in [0.25, 0.3) is 0 Å². The maximum atomic E-state index is 12.2. The molecule has 2 unspecified atom stereocenters. The minimum Gasteiger partial charge on any atom is -0.340 e. The number of rotatable bonds is 2. The Balaban J connectivity index is 2.92. The zero-order valence-corrected chi connectivity index (χ0v) is 11.2. The second-order valence-electron chi connectivity index (χ2n) is 5.71. The fraction of sp³-hybridized carbons (Fsp3) is 0.917. The van der Waals surface area contributed by atoms with Gasteiger partial charge in [-0.2, -0.15) is 0 Å². The smallest absolute Gasteiger partial charge is 0.240 e. The van der Waals surface area contributed by atoms with Gasteiger partial charge >= 0.3 is 0 Å². The first-order valence-electron chi connectivity index (χ1n) is 6.02. The average Bonchev–Trinajstić information content (AvgIpc) is 2.17. The molecular formula is C12H25N3O. The van der Waals surface area contributed by atoms with Crippen molar-refractivity contribution in [1.29, 1.82) is 0 Å². The van der Waals surface area contributed by atoms with E-state index in [4.69, 9.17) is 5.73 Å². The number of likely N-dealkylation sites (N-methyl/N-ethyl adjacent to an activating group) is 1. The van der Waals surface area contributed by atoms with Gasteiger partial charge in [-0.15, -0.1) is 0 Å². The molecular weight excluding hydrogens is 202 g/mol. The quantitative estimate of drug-likeness (QED) is 0.754. The van der Waals surface area contributed by atoms with Gasteiger partial charge in [0.15, 0.2) is 0 Å². The predicted molar refractivity (Wildman–Crippen MR) is 66.2 cm³/mol. The summed E-state index contributed by atoms with van der Waals surface area (Å²) in [6.45, 7) is 10.0. The van der Waals surface area contributed by atoms with Crippen molar-refractivity contribution >= 4 is 5.91 Å². The van der Waals surface area contributed by atoms with E-state index in [-0.39, 0.29) is 23.5 Å². The minimum atomic E-state index is -0.0498. The number of hydrogen-bond acceptors (Lipinski definition) is 3. The molecule has 0 saturated carbocycles. The maximum Gasteiger partial charge on any atom is 0.240 e. The molecule has 0 spiro atoms. The normalized spacial score (nSPS) is 28.6. The van der Waals surface area contributed by atoms with Crippen LogP contribution in [-0.2, 0) is 4.79 Å². The molecule has 1 saturated heterocycles. The van der Waals surface area contributed by atoms with Crippen LogP contribution in [0, 0.1) is 0 Å². The monoisotopic (exact) mass is 227 g/mol. The van der Waals surface area contributed by atoms with Crippen LogP contribution in [0.5, 0.6) is 0 Å². The minimum absolute atomic E-state index is 0.0189. The molecule has 1 heterocycles. The van der Waals surface area contributed by atoms with Crippen molar-refractivity contribution in [3.05, 3.63) is 0 Å². The van der Waals surface area contributed by atoms with Crippen LogP contribution in [0.2, 0.25) is 0 Å². The van der Waals surface area contributed by atoms with Gasteiger partial charge in [0.2, 0.25) is 5.91 Å². The van der Waals surface area contributed by atoms with E-state index in [0.717, 1.165) is 13.0 Å². The molecule has 0 aromatic rings. The Hall–Kier alpha value is -0.610. The van der Waals surface area contributed by atoms with E-state index in [1.165, 1.54) is 0 Å². The van der Waals surface area contributed by atoms with Gasteiger partial charge in [-0.3, -0.25) is 9.69 Å². The van der Waals surface area contributed by atoms with Gasteiger partial charge in [-0.1, -0.05) is 0 Å². The van der Waals surface area contributed by atoms with Crippen molar-refractivity contribution in [3.8, 4) is 0 Å². The lowest BCUT2D eigenvalue weighted by Gasteiger charge is -2.49. The van der Waals surface area contributed by atoms with Crippen molar-refractivity contribution in [2.24, 2.45) is 5.73 Å². The molecule has 1 fully saturated rings. The summed E-state index contributed by atoms with van der Waals surface area (Å²) in [5.74, 6) is 0.208. The van der Waals surface area contributed by atoms with Crippen LogP contribution in [0.1, 0.15) is 34.1 Å². The third kappa shape index (κ3) is 2.55. The molecule has 0 bridgehead atoms. The Morgan fingerprint density at radius 2 is 2.00 bits per heavy atom. The summed E-state index contributed by atoms with van der Waals surface area (Å²) in [5, 5.41) is 0. The van der Waals surface area contributed by atoms with Gasteiger partial charge in [0.1, 0.15) is 0 Å². The molecule has 1 rings (SSSR count). The summed E-state index contributed by atoms with van der Waals surface area (Å²) >= 11 is 0. The highest BCUT2D eigenvalue weighted by molar-refractivity contribution is 5.82. The summed E-state index contributed by atoms with van der Waals surface area (Å²) in [4.78, 5) is 16.3. The number of nitrogens with two attached hydrogens (primary N) is 1. The Morgan fingerprint density at radius 3 is 2.44 bits per heavy atom. The molecule has 4 heteroatoms. The van der Waals surface area contributed by atoms with Gasteiger partial charge in [0.25, 0.3) is 0 Å². The second kappa shape index (κ2) is 4.72. The SMILES string of the molecule is CC1CN(C(C)(C)C)C(CCN)C(=O)N1C. The van der Waals surface area contributed by atoms with Crippen molar-refractivity contribution < 1.29 is 4.79 Å². The number of nitrogens with zero attached hydrogens (tertiary/aromatic N) is 2. The first kappa shape index (κ1) is 13.5. The number of carbonyl (C=O) groups is 1. The van der Waals surface area contributed by atoms with Crippen molar-refractivity contribution in [1.82, 2.24) is 9.80 Å². The third-order valence-electron chi connectivity index (χ3n) is 3.43. The van der Waals surface area contributed by atoms with Crippen molar-refractivity contribution in [2.45, 2.75) is 51.7 Å². The van der Waals surface area contributed by atoms with Gasteiger partial charge < -0.3 is 10.6 Å². The van der Waals surface area contributed by atoms with Crippen molar-refractivity contribution in [2.75, 3.05) is 20.1 Å². The second-order valence-corrected chi connectivity index (χ2v) is 5.71. The van der Waals surface area contributed by atoms with E-state index in [1.807, 2.05) is 11.9 Å². The Labute approximate surface area is 98.8 Å². The molecule has 4 nitrogen and oxygen atoms in total. The van der Waals surface area contributed by atoms with Crippen LogP contribution in [0.3, 0.4) is 0 Å². The lowest BCUT2D eigenvalue weighted by atomic mass is 9.95. The highest BCUT2D eigenvalue weighted by Crippen LogP contribution is 2.25. The predicted octanol–water partition coefficient (Wildman–Crippen LogP) is 0.665.